The van der Waals surface area contributed by atoms with Crippen LogP contribution >= 0.6 is 11.3 Å². The molecule has 4 N–H and O–H groups in total. The van der Waals surface area contributed by atoms with Gasteiger partial charge in [-0.2, -0.15) is 0 Å². The van der Waals surface area contributed by atoms with E-state index in [4.69, 9.17) is 0 Å². The molecule has 0 aliphatic carbocycles. The summed E-state index contributed by atoms with van der Waals surface area (Å²) < 4.78 is 0. The lowest BCUT2D eigenvalue weighted by Crippen LogP contribution is -2.44. The second kappa shape index (κ2) is 5.85. The van der Waals surface area contributed by atoms with Crippen LogP contribution in [0.4, 0.5) is 5.13 Å². The Labute approximate surface area is 116 Å². The monoisotopic (exact) mass is 284 g/mol. The summed E-state index contributed by atoms with van der Waals surface area (Å²) in [6, 6.07) is 0. The van der Waals surface area contributed by atoms with Crippen molar-refractivity contribution >= 4 is 22.4 Å². The first-order valence-corrected chi connectivity index (χ1v) is 7.28. The first-order valence-electron chi connectivity index (χ1n) is 6.47. The molecule has 2 rings (SSSR count). The lowest BCUT2D eigenvalue weighted by atomic mass is 10.0. The molecule has 0 spiro atoms. The minimum Gasteiger partial charge on any atom is -0.387 e. The Morgan fingerprint density at radius 3 is 3.05 bits per heavy atom. The van der Waals surface area contributed by atoms with Crippen LogP contribution in [0.1, 0.15) is 28.7 Å². The Balaban J connectivity index is 1.95. The third-order valence-corrected chi connectivity index (χ3v) is 4.24. The number of anilines is 1. The average Bonchev–Trinajstić information content (AvgIpc) is 2.94. The van der Waals surface area contributed by atoms with Gasteiger partial charge in [-0.1, -0.05) is 11.3 Å². The van der Waals surface area contributed by atoms with Gasteiger partial charge in [0, 0.05) is 19.6 Å². The van der Waals surface area contributed by atoms with E-state index in [0.29, 0.717) is 17.8 Å². The highest BCUT2D eigenvalue weighted by Gasteiger charge is 2.31. The third-order valence-electron chi connectivity index (χ3n) is 3.13. The number of hydrogen-bond donors (Lipinski definition) is 4. The van der Waals surface area contributed by atoms with Crippen molar-refractivity contribution in [2.75, 3.05) is 31.5 Å². The molecule has 0 aromatic carbocycles. The molecular formula is C12H20N4O2S. The van der Waals surface area contributed by atoms with Crippen LogP contribution in [0, 0.1) is 6.92 Å². The standard InChI is InChI=1S/C12H20N4O2S/c1-3-14-11-16-8(2)9(19-11)10(17)15-7-12(18)4-5-13-6-12/h13,18H,3-7H2,1-2H3,(H,14,16)(H,15,17)/t12-/m1/s1. The van der Waals surface area contributed by atoms with E-state index < -0.39 is 5.60 Å². The van der Waals surface area contributed by atoms with Gasteiger partial charge in [-0.25, -0.2) is 4.98 Å². The fourth-order valence-corrected chi connectivity index (χ4v) is 2.99. The highest BCUT2D eigenvalue weighted by Crippen LogP contribution is 2.22. The number of aromatic nitrogens is 1. The van der Waals surface area contributed by atoms with Gasteiger partial charge >= 0.3 is 0 Å². The first-order chi connectivity index (χ1) is 9.04. The normalized spacial score (nSPS) is 22.5. The summed E-state index contributed by atoms with van der Waals surface area (Å²) in [4.78, 5) is 17.0. The number of aliphatic hydroxyl groups is 1. The largest absolute Gasteiger partial charge is 0.387 e. The summed E-state index contributed by atoms with van der Waals surface area (Å²) in [5.41, 5.74) is -0.103. The summed E-state index contributed by atoms with van der Waals surface area (Å²) in [5.74, 6) is -0.167. The zero-order valence-electron chi connectivity index (χ0n) is 11.2. The van der Waals surface area contributed by atoms with Crippen molar-refractivity contribution in [3.63, 3.8) is 0 Å². The fourth-order valence-electron chi connectivity index (χ4n) is 2.04. The van der Waals surface area contributed by atoms with Crippen LogP contribution in [0.2, 0.25) is 0 Å². The maximum atomic E-state index is 12.1. The number of rotatable bonds is 5. The Bertz CT molecular complexity index is 455. The van der Waals surface area contributed by atoms with Gasteiger partial charge in [0.25, 0.3) is 5.91 Å². The molecule has 0 unspecified atom stereocenters. The van der Waals surface area contributed by atoms with Crippen molar-refractivity contribution in [3.8, 4) is 0 Å². The smallest absolute Gasteiger partial charge is 0.263 e. The molecule has 19 heavy (non-hydrogen) atoms. The zero-order valence-corrected chi connectivity index (χ0v) is 12.1. The molecule has 1 fully saturated rings. The molecule has 0 saturated carbocycles. The van der Waals surface area contributed by atoms with Crippen molar-refractivity contribution in [3.05, 3.63) is 10.6 Å². The van der Waals surface area contributed by atoms with E-state index in [1.807, 2.05) is 13.8 Å². The molecule has 6 nitrogen and oxygen atoms in total. The maximum absolute atomic E-state index is 12.1. The van der Waals surface area contributed by atoms with Crippen LogP contribution in [0.3, 0.4) is 0 Å². The van der Waals surface area contributed by atoms with Gasteiger partial charge in [-0.3, -0.25) is 4.79 Å². The number of carbonyl (C=O) groups excluding carboxylic acids is 1. The summed E-state index contributed by atoms with van der Waals surface area (Å²) in [5, 5.41) is 19.9. The van der Waals surface area contributed by atoms with Crippen molar-refractivity contribution in [1.29, 1.82) is 0 Å². The van der Waals surface area contributed by atoms with Crippen LogP contribution in [0.25, 0.3) is 0 Å². The molecule has 1 aromatic rings. The molecular weight excluding hydrogens is 264 g/mol. The molecule has 1 saturated heterocycles. The number of carbonyl (C=O) groups is 1. The molecule has 2 heterocycles. The van der Waals surface area contributed by atoms with E-state index in [2.05, 4.69) is 20.9 Å². The van der Waals surface area contributed by atoms with E-state index in [0.717, 1.165) is 23.9 Å². The molecule has 0 bridgehead atoms. The minimum absolute atomic E-state index is 0.167. The second-order valence-electron chi connectivity index (χ2n) is 4.80. The highest BCUT2D eigenvalue weighted by atomic mass is 32.1. The van der Waals surface area contributed by atoms with E-state index in [9.17, 15) is 9.90 Å². The van der Waals surface area contributed by atoms with Gasteiger partial charge in [0.05, 0.1) is 11.3 Å². The fraction of sp³-hybridized carbons (Fsp3) is 0.667. The zero-order chi connectivity index (χ0) is 13.9. The van der Waals surface area contributed by atoms with Crippen LogP contribution < -0.4 is 16.0 Å². The number of amides is 1. The summed E-state index contributed by atoms with van der Waals surface area (Å²) in [6.45, 7) is 6.16. The van der Waals surface area contributed by atoms with Crippen molar-refractivity contribution in [1.82, 2.24) is 15.6 Å². The Morgan fingerprint density at radius 1 is 1.63 bits per heavy atom. The Morgan fingerprint density at radius 2 is 2.42 bits per heavy atom. The highest BCUT2D eigenvalue weighted by molar-refractivity contribution is 7.17. The van der Waals surface area contributed by atoms with Crippen LogP contribution in [0.5, 0.6) is 0 Å². The number of hydrogen-bond acceptors (Lipinski definition) is 6. The number of aryl methyl sites for hydroxylation is 1. The first kappa shape index (κ1) is 14.2. The molecule has 106 valence electrons. The van der Waals surface area contributed by atoms with E-state index >= 15 is 0 Å². The lowest BCUT2D eigenvalue weighted by Gasteiger charge is -2.21. The number of nitrogens with zero attached hydrogens (tertiary/aromatic N) is 1. The topological polar surface area (TPSA) is 86.3 Å². The van der Waals surface area contributed by atoms with Crippen molar-refractivity contribution in [2.24, 2.45) is 0 Å². The molecule has 1 amide bonds. The number of β-amino-alcohol motifs (C(OH)–C–C–N with tert-alkyl or cyclic N) is 1. The maximum Gasteiger partial charge on any atom is 0.263 e. The summed E-state index contributed by atoms with van der Waals surface area (Å²) >= 11 is 1.34. The van der Waals surface area contributed by atoms with E-state index in [1.165, 1.54) is 11.3 Å². The lowest BCUT2D eigenvalue weighted by molar-refractivity contribution is 0.0563. The SMILES string of the molecule is CCNc1nc(C)c(C(=O)NC[C@@]2(O)CCNC2)s1. The van der Waals surface area contributed by atoms with Gasteiger partial charge in [-0.15, -0.1) is 0 Å². The minimum atomic E-state index is -0.821. The molecule has 1 aliphatic heterocycles. The van der Waals surface area contributed by atoms with Gasteiger partial charge in [0.1, 0.15) is 4.88 Å². The Hall–Kier alpha value is -1.18. The summed E-state index contributed by atoms with van der Waals surface area (Å²) in [6.07, 6.45) is 0.664. The van der Waals surface area contributed by atoms with Gasteiger partial charge in [0.2, 0.25) is 0 Å². The van der Waals surface area contributed by atoms with E-state index in [1.54, 1.807) is 0 Å². The average molecular weight is 284 g/mol. The van der Waals surface area contributed by atoms with Crippen LogP contribution in [-0.2, 0) is 0 Å². The quantitative estimate of drug-likeness (QED) is 0.626. The summed E-state index contributed by atoms with van der Waals surface area (Å²) in [7, 11) is 0. The van der Waals surface area contributed by atoms with Crippen molar-refractivity contribution < 1.29 is 9.90 Å². The molecule has 7 heteroatoms. The third kappa shape index (κ3) is 3.43. The molecule has 1 aromatic heterocycles. The number of thiazole rings is 1. The predicted octanol–water partition coefficient (Wildman–Crippen LogP) is 0.338. The van der Waals surface area contributed by atoms with Crippen molar-refractivity contribution in [2.45, 2.75) is 25.9 Å². The van der Waals surface area contributed by atoms with Crippen LogP contribution in [-0.4, -0.2) is 47.8 Å². The number of nitrogens with one attached hydrogen (secondary N) is 3. The molecule has 1 aliphatic rings. The Kier molecular flexibility index (Phi) is 4.38. The molecule has 0 radical (unpaired) electrons. The van der Waals surface area contributed by atoms with Crippen LogP contribution in [0.15, 0.2) is 0 Å². The predicted molar refractivity (Wildman–Crippen MR) is 75.8 cm³/mol. The van der Waals surface area contributed by atoms with Gasteiger partial charge in [-0.05, 0) is 26.8 Å². The van der Waals surface area contributed by atoms with Gasteiger partial charge < -0.3 is 21.1 Å². The van der Waals surface area contributed by atoms with E-state index in [-0.39, 0.29) is 12.5 Å². The second-order valence-corrected chi connectivity index (χ2v) is 5.80. The molecule has 1 atom stereocenters. The van der Waals surface area contributed by atoms with Gasteiger partial charge in [0.15, 0.2) is 5.13 Å².